The van der Waals surface area contributed by atoms with Crippen molar-refractivity contribution >= 4 is 39.3 Å². The Hall–Kier alpha value is -2.33. The number of anilines is 1. The summed E-state index contributed by atoms with van der Waals surface area (Å²) in [6.45, 7) is 4.21. The second-order valence-electron chi connectivity index (χ2n) is 6.20. The van der Waals surface area contributed by atoms with Crippen molar-refractivity contribution in [2.75, 3.05) is 11.1 Å². The van der Waals surface area contributed by atoms with Gasteiger partial charge in [-0.2, -0.15) is 4.68 Å². The van der Waals surface area contributed by atoms with Gasteiger partial charge in [0.05, 0.1) is 17.1 Å². The lowest BCUT2D eigenvalue weighted by Crippen LogP contribution is -2.16. The lowest BCUT2D eigenvalue weighted by Gasteiger charge is -2.09. The molecule has 3 rings (SSSR count). The van der Waals surface area contributed by atoms with Gasteiger partial charge in [0, 0.05) is 10.5 Å². The Morgan fingerprint density at radius 2 is 1.96 bits per heavy atom. The third-order valence-electron chi connectivity index (χ3n) is 3.85. The van der Waals surface area contributed by atoms with E-state index in [0.717, 1.165) is 23.5 Å². The number of hydrogen-bond acceptors (Lipinski definition) is 5. The van der Waals surface area contributed by atoms with E-state index in [-0.39, 0.29) is 15.9 Å². The second-order valence-corrected chi connectivity index (χ2v) is 8.00. The molecular formula is C18H16BrF2N5OS. The first-order valence-electron chi connectivity index (χ1n) is 8.31. The number of hydrogen-bond donors (Lipinski definition) is 1. The molecule has 0 saturated heterocycles. The molecule has 2 aromatic carbocycles. The van der Waals surface area contributed by atoms with Gasteiger partial charge in [-0.25, -0.2) is 8.78 Å². The molecule has 3 aromatic rings. The highest BCUT2D eigenvalue weighted by Crippen LogP contribution is 2.27. The Morgan fingerprint density at radius 3 is 2.61 bits per heavy atom. The number of aromatic nitrogens is 4. The van der Waals surface area contributed by atoms with E-state index in [2.05, 4.69) is 50.6 Å². The highest BCUT2D eigenvalue weighted by molar-refractivity contribution is 9.10. The van der Waals surface area contributed by atoms with Crippen molar-refractivity contribution in [2.45, 2.75) is 24.9 Å². The predicted octanol–water partition coefficient (Wildman–Crippen LogP) is 4.56. The molecule has 1 aromatic heterocycles. The smallest absolute Gasteiger partial charge is 0.234 e. The summed E-state index contributed by atoms with van der Waals surface area (Å²) in [4.78, 5) is 12.2. The van der Waals surface area contributed by atoms with Crippen molar-refractivity contribution in [3.63, 3.8) is 0 Å². The molecule has 0 radical (unpaired) electrons. The molecule has 1 heterocycles. The van der Waals surface area contributed by atoms with E-state index in [1.165, 1.54) is 10.2 Å². The standard InChI is InChI=1S/C18H16BrF2N5OS/c1-10(2)11-3-5-13(6-4-11)26-18(23-24-25-26)28-9-16(27)22-17-14(19)7-12(20)8-15(17)21/h3-8,10H,9H2,1-2H3,(H,22,27). The van der Waals surface area contributed by atoms with Crippen molar-refractivity contribution in [1.29, 1.82) is 0 Å². The van der Waals surface area contributed by atoms with Crippen LogP contribution in [0.1, 0.15) is 25.3 Å². The molecule has 1 N–H and O–H groups in total. The minimum atomic E-state index is -0.861. The van der Waals surface area contributed by atoms with Gasteiger partial charge in [-0.1, -0.05) is 37.7 Å². The fraction of sp³-hybridized carbons (Fsp3) is 0.222. The topological polar surface area (TPSA) is 72.7 Å². The Labute approximate surface area is 172 Å². The fourth-order valence-corrected chi connectivity index (χ4v) is 3.60. The highest BCUT2D eigenvalue weighted by atomic mass is 79.9. The SMILES string of the molecule is CC(C)c1ccc(-n2nnnc2SCC(=O)Nc2c(F)cc(F)cc2Br)cc1. The van der Waals surface area contributed by atoms with Crippen LogP contribution >= 0.6 is 27.7 Å². The number of thioether (sulfide) groups is 1. The van der Waals surface area contributed by atoms with Crippen LogP contribution in [-0.4, -0.2) is 31.9 Å². The number of carbonyl (C=O) groups excluding carboxylic acids is 1. The Balaban J connectivity index is 1.67. The van der Waals surface area contributed by atoms with Crippen LogP contribution in [0.4, 0.5) is 14.5 Å². The summed E-state index contributed by atoms with van der Waals surface area (Å²) >= 11 is 4.14. The van der Waals surface area contributed by atoms with Crippen molar-refractivity contribution in [1.82, 2.24) is 20.2 Å². The van der Waals surface area contributed by atoms with Gasteiger partial charge in [0.2, 0.25) is 11.1 Å². The zero-order valence-corrected chi connectivity index (χ0v) is 17.4. The van der Waals surface area contributed by atoms with E-state index in [9.17, 15) is 13.6 Å². The summed E-state index contributed by atoms with van der Waals surface area (Å²) < 4.78 is 28.6. The average Bonchev–Trinajstić information content (AvgIpc) is 3.11. The van der Waals surface area contributed by atoms with E-state index in [1.54, 1.807) is 0 Å². The maximum atomic E-state index is 13.8. The molecule has 1 amide bonds. The number of carbonyl (C=O) groups is 1. The summed E-state index contributed by atoms with van der Waals surface area (Å²) in [5.41, 5.74) is 1.85. The maximum absolute atomic E-state index is 13.8. The summed E-state index contributed by atoms with van der Waals surface area (Å²) in [5.74, 6) is -1.71. The minimum Gasteiger partial charge on any atom is -0.322 e. The predicted molar refractivity (Wildman–Crippen MR) is 107 cm³/mol. The summed E-state index contributed by atoms with van der Waals surface area (Å²) in [6, 6.07) is 9.58. The number of rotatable bonds is 6. The average molecular weight is 468 g/mol. The molecule has 28 heavy (non-hydrogen) atoms. The molecule has 0 spiro atoms. The molecule has 0 saturated carbocycles. The van der Waals surface area contributed by atoms with Gasteiger partial charge in [-0.05, 0) is 56.0 Å². The normalized spacial score (nSPS) is 11.1. The monoisotopic (exact) mass is 467 g/mol. The number of benzene rings is 2. The molecule has 0 aliphatic rings. The number of halogens is 3. The van der Waals surface area contributed by atoms with Crippen LogP contribution in [0.25, 0.3) is 5.69 Å². The molecule has 146 valence electrons. The molecule has 0 aliphatic carbocycles. The molecule has 10 heteroatoms. The van der Waals surface area contributed by atoms with Crippen LogP contribution in [-0.2, 0) is 4.79 Å². The van der Waals surface area contributed by atoms with Crippen molar-refractivity contribution in [3.05, 3.63) is 58.1 Å². The molecule has 0 aliphatic heterocycles. The van der Waals surface area contributed by atoms with Crippen LogP contribution in [0.3, 0.4) is 0 Å². The number of nitrogens with one attached hydrogen (secondary N) is 1. The lowest BCUT2D eigenvalue weighted by atomic mass is 10.0. The molecular weight excluding hydrogens is 452 g/mol. The Kier molecular flexibility index (Phi) is 6.40. The summed E-state index contributed by atoms with van der Waals surface area (Å²) in [5, 5.41) is 14.4. The van der Waals surface area contributed by atoms with Gasteiger partial charge in [0.1, 0.15) is 5.82 Å². The molecule has 0 fully saturated rings. The third kappa shape index (κ3) is 4.74. The maximum Gasteiger partial charge on any atom is 0.234 e. The van der Waals surface area contributed by atoms with E-state index >= 15 is 0 Å². The van der Waals surface area contributed by atoms with Crippen LogP contribution in [0.15, 0.2) is 46.0 Å². The summed E-state index contributed by atoms with van der Waals surface area (Å²) in [6.07, 6.45) is 0. The van der Waals surface area contributed by atoms with Crippen molar-refractivity contribution in [2.24, 2.45) is 0 Å². The number of nitrogens with zero attached hydrogens (tertiary/aromatic N) is 4. The zero-order valence-electron chi connectivity index (χ0n) is 15.0. The Bertz CT molecular complexity index is 971. The van der Waals surface area contributed by atoms with Gasteiger partial charge in [-0.3, -0.25) is 4.79 Å². The van der Waals surface area contributed by atoms with Gasteiger partial charge in [0.15, 0.2) is 5.82 Å². The van der Waals surface area contributed by atoms with Crippen molar-refractivity contribution < 1.29 is 13.6 Å². The first-order valence-corrected chi connectivity index (χ1v) is 10.1. The van der Waals surface area contributed by atoms with E-state index < -0.39 is 17.5 Å². The van der Waals surface area contributed by atoms with Crippen LogP contribution in [0.2, 0.25) is 0 Å². The molecule has 0 atom stereocenters. The largest absolute Gasteiger partial charge is 0.322 e. The van der Waals surface area contributed by atoms with Crippen molar-refractivity contribution in [3.8, 4) is 5.69 Å². The first kappa shape index (κ1) is 20.4. The van der Waals surface area contributed by atoms with E-state index in [0.29, 0.717) is 17.1 Å². The number of amides is 1. The molecule has 0 bridgehead atoms. The van der Waals surface area contributed by atoms with Gasteiger partial charge < -0.3 is 5.32 Å². The first-order chi connectivity index (χ1) is 13.3. The van der Waals surface area contributed by atoms with Crippen LogP contribution < -0.4 is 5.32 Å². The van der Waals surface area contributed by atoms with E-state index in [4.69, 9.17) is 0 Å². The van der Waals surface area contributed by atoms with Gasteiger partial charge in [-0.15, -0.1) is 5.10 Å². The third-order valence-corrected chi connectivity index (χ3v) is 5.39. The van der Waals surface area contributed by atoms with Gasteiger partial charge in [0.25, 0.3) is 0 Å². The second kappa shape index (κ2) is 8.78. The lowest BCUT2D eigenvalue weighted by molar-refractivity contribution is -0.113. The molecule has 6 nitrogen and oxygen atoms in total. The minimum absolute atomic E-state index is 0.0479. The highest BCUT2D eigenvalue weighted by Gasteiger charge is 2.15. The quantitative estimate of drug-likeness (QED) is 0.538. The number of tetrazole rings is 1. The van der Waals surface area contributed by atoms with Crippen LogP contribution in [0.5, 0.6) is 0 Å². The van der Waals surface area contributed by atoms with Crippen LogP contribution in [0, 0.1) is 11.6 Å². The molecule has 0 unspecified atom stereocenters. The Morgan fingerprint density at radius 1 is 1.25 bits per heavy atom. The summed E-state index contributed by atoms with van der Waals surface area (Å²) in [7, 11) is 0. The van der Waals surface area contributed by atoms with E-state index in [1.807, 2.05) is 24.3 Å². The fourth-order valence-electron chi connectivity index (χ4n) is 2.40. The van der Waals surface area contributed by atoms with Gasteiger partial charge >= 0.3 is 0 Å². The zero-order chi connectivity index (χ0) is 20.3.